The first-order chi connectivity index (χ1) is 16.1. The normalized spacial score (nSPS) is 18.3. The molecule has 1 unspecified atom stereocenters. The number of benzene rings is 3. The molecule has 1 heterocycles. The molecule has 0 saturated carbocycles. The van der Waals surface area contributed by atoms with Gasteiger partial charge in [0.05, 0.1) is 5.69 Å². The van der Waals surface area contributed by atoms with Crippen LogP contribution in [-0.2, 0) is 17.8 Å². The van der Waals surface area contributed by atoms with E-state index in [1.165, 1.54) is 23.1 Å². The number of carbonyl (C=O) groups is 2. The van der Waals surface area contributed by atoms with E-state index in [0.717, 1.165) is 14.9 Å². The Hall–Kier alpha value is -2.42. The Balaban J connectivity index is 1.80. The lowest BCUT2D eigenvalue weighted by molar-refractivity contribution is -0.124. The molecule has 0 radical (unpaired) electrons. The van der Waals surface area contributed by atoms with Gasteiger partial charge in [-0.05, 0) is 48.4 Å². The Kier molecular flexibility index (Phi) is 7.03. The molecular weight excluding hydrogens is 543 g/mol. The molecule has 34 heavy (non-hydrogen) atoms. The summed E-state index contributed by atoms with van der Waals surface area (Å²) in [5.74, 6) is -0.430. The van der Waals surface area contributed by atoms with E-state index in [9.17, 15) is 19.8 Å². The molecule has 3 aromatic rings. The minimum absolute atomic E-state index is 0.00378. The van der Waals surface area contributed by atoms with Gasteiger partial charge < -0.3 is 15.1 Å². The van der Waals surface area contributed by atoms with Crippen molar-refractivity contribution in [2.24, 2.45) is 0 Å². The minimum Gasteiger partial charge on any atom is -0.364 e. The van der Waals surface area contributed by atoms with Gasteiger partial charge in [-0.2, -0.15) is 0 Å². The van der Waals surface area contributed by atoms with E-state index in [1.54, 1.807) is 31.2 Å². The van der Waals surface area contributed by atoms with Crippen molar-refractivity contribution in [1.29, 1.82) is 0 Å². The summed E-state index contributed by atoms with van der Waals surface area (Å²) in [7, 11) is 0. The van der Waals surface area contributed by atoms with Gasteiger partial charge in [0.15, 0.2) is 6.29 Å². The number of amides is 3. The summed E-state index contributed by atoms with van der Waals surface area (Å²) in [5, 5.41) is 20.2. The van der Waals surface area contributed by atoms with E-state index in [2.05, 4.69) is 15.9 Å². The monoisotopic (exact) mass is 562 g/mol. The van der Waals surface area contributed by atoms with Crippen LogP contribution in [0.3, 0.4) is 0 Å². The van der Waals surface area contributed by atoms with Crippen molar-refractivity contribution in [3.63, 3.8) is 0 Å². The number of imide groups is 1. The second kappa shape index (κ2) is 9.68. The summed E-state index contributed by atoms with van der Waals surface area (Å²) in [4.78, 5) is 30.0. The van der Waals surface area contributed by atoms with Crippen molar-refractivity contribution < 1.29 is 19.8 Å². The van der Waals surface area contributed by atoms with Gasteiger partial charge in [0.1, 0.15) is 5.54 Å². The zero-order valence-corrected chi connectivity index (χ0v) is 21.2. The van der Waals surface area contributed by atoms with Crippen LogP contribution in [0.25, 0.3) is 0 Å². The fourth-order valence-electron chi connectivity index (χ4n) is 4.18. The Bertz CT molecular complexity index is 1230. The maximum Gasteiger partial charge on any atom is 0.332 e. The van der Waals surface area contributed by atoms with Crippen LogP contribution in [0.4, 0.5) is 10.5 Å². The molecular formula is C25H21BrCl2N2O4. The smallest absolute Gasteiger partial charge is 0.332 e. The largest absolute Gasteiger partial charge is 0.364 e. The summed E-state index contributed by atoms with van der Waals surface area (Å²) in [5.41, 5.74) is 0.656. The number of hydrogen-bond acceptors (Lipinski definition) is 4. The molecule has 1 atom stereocenters. The summed E-state index contributed by atoms with van der Waals surface area (Å²) in [6.45, 7) is 1.70. The topological polar surface area (TPSA) is 81.1 Å². The van der Waals surface area contributed by atoms with Crippen LogP contribution in [0, 0.1) is 0 Å². The first-order valence-electron chi connectivity index (χ1n) is 10.4. The Morgan fingerprint density at radius 3 is 2.21 bits per heavy atom. The number of anilines is 1. The van der Waals surface area contributed by atoms with E-state index in [1.807, 2.05) is 24.3 Å². The number of rotatable bonds is 6. The molecule has 1 fully saturated rings. The van der Waals surface area contributed by atoms with Gasteiger partial charge in [-0.1, -0.05) is 75.5 Å². The van der Waals surface area contributed by atoms with Gasteiger partial charge in [-0.25, -0.2) is 9.69 Å². The average Bonchev–Trinajstić information content (AvgIpc) is 2.95. The van der Waals surface area contributed by atoms with Crippen molar-refractivity contribution in [1.82, 2.24) is 4.90 Å². The molecule has 0 aliphatic carbocycles. The second-order valence-electron chi connectivity index (χ2n) is 8.29. The van der Waals surface area contributed by atoms with Crippen LogP contribution < -0.4 is 4.90 Å². The predicted octanol–water partition coefficient (Wildman–Crippen LogP) is 5.71. The molecule has 4 rings (SSSR count). The molecule has 2 N–H and O–H groups in total. The van der Waals surface area contributed by atoms with Gasteiger partial charge in [0.25, 0.3) is 5.91 Å². The van der Waals surface area contributed by atoms with Crippen LogP contribution in [0.15, 0.2) is 71.2 Å². The molecule has 9 heteroatoms. The molecule has 6 nitrogen and oxygen atoms in total. The van der Waals surface area contributed by atoms with Crippen molar-refractivity contribution >= 4 is 56.8 Å². The van der Waals surface area contributed by atoms with E-state index >= 15 is 0 Å². The summed E-state index contributed by atoms with van der Waals surface area (Å²) in [6, 6.07) is 18.2. The third-order valence-electron chi connectivity index (χ3n) is 5.91. The highest BCUT2D eigenvalue weighted by atomic mass is 79.9. The third-order valence-corrected chi connectivity index (χ3v) is 6.88. The zero-order valence-electron chi connectivity index (χ0n) is 18.1. The third kappa shape index (κ3) is 4.72. The van der Waals surface area contributed by atoms with Gasteiger partial charge in [-0.15, -0.1) is 0 Å². The number of halogens is 3. The molecule has 176 valence electrons. The van der Waals surface area contributed by atoms with Crippen LogP contribution in [0.1, 0.15) is 29.9 Å². The van der Waals surface area contributed by atoms with E-state index in [-0.39, 0.29) is 24.2 Å². The van der Waals surface area contributed by atoms with E-state index < -0.39 is 23.8 Å². The number of nitrogens with zero attached hydrogens (tertiary/aromatic N) is 2. The minimum atomic E-state index is -1.72. The van der Waals surface area contributed by atoms with Gasteiger partial charge >= 0.3 is 6.03 Å². The summed E-state index contributed by atoms with van der Waals surface area (Å²) < 4.78 is 0.896. The molecule has 3 aromatic carbocycles. The highest BCUT2D eigenvalue weighted by Gasteiger charge is 2.54. The van der Waals surface area contributed by atoms with Crippen molar-refractivity contribution in [2.75, 3.05) is 4.90 Å². The molecule has 3 amide bonds. The standard InChI is InChI=1S/C25H21BrCl2N2O4/c1-25(13-15-6-8-17(26)9-7-15)23(33)30(20-11-18(27)10-19(28)12-20)24(34)29(25)14-16-4-2-3-5-21(16)22(31)32/h2-12,22,31-32H,13-14H2,1H3. The quantitative estimate of drug-likeness (QED) is 0.297. The van der Waals surface area contributed by atoms with Crippen LogP contribution in [-0.4, -0.2) is 32.6 Å². The molecule has 0 aromatic heterocycles. The number of urea groups is 1. The number of carbonyl (C=O) groups excluding carboxylic acids is 2. The van der Waals surface area contributed by atoms with Crippen LogP contribution in [0.2, 0.25) is 10.0 Å². The van der Waals surface area contributed by atoms with Gasteiger partial charge in [0, 0.05) is 33.0 Å². The predicted molar refractivity (Wildman–Crippen MR) is 135 cm³/mol. The number of hydrogen-bond donors (Lipinski definition) is 2. The lowest BCUT2D eigenvalue weighted by Gasteiger charge is -2.32. The number of aliphatic hydroxyl groups is 2. The van der Waals surface area contributed by atoms with Gasteiger partial charge in [-0.3, -0.25) is 4.79 Å². The maximum absolute atomic E-state index is 13.8. The molecule has 1 aliphatic heterocycles. The average molecular weight is 564 g/mol. The highest BCUT2D eigenvalue weighted by Crippen LogP contribution is 2.38. The zero-order chi connectivity index (χ0) is 24.6. The Labute approximate surface area is 215 Å². The van der Waals surface area contributed by atoms with Crippen LogP contribution in [0.5, 0.6) is 0 Å². The molecule has 0 spiro atoms. The SMILES string of the molecule is CC1(Cc2ccc(Br)cc2)C(=O)N(c2cc(Cl)cc(Cl)c2)C(=O)N1Cc1ccccc1C(O)O. The van der Waals surface area contributed by atoms with E-state index in [4.69, 9.17) is 23.2 Å². The Morgan fingerprint density at radius 2 is 1.59 bits per heavy atom. The molecule has 0 bridgehead atoms. The summed E-state index contributed by atoms with van der Waals surface area (Å²) >= 11 is 15.7. The van der Waals surface area contributed by atoms with Crippen molar-refractivity contribution in [3.8, 4) is 0 Å². The fraction of sp³-hybridized carbons (Fsp3) is 0.200. The maximum atomic E-state index is 13.8. The van der Waals surface area contributed by atoms with Gasteiger partial charge in [0.2, 0.25) is 0 Å². The molecule has 1 aliphatic rings. The number of aliphatic hydroxyl groups excluding tert-OH is 1. The van der Waals surface area contributed by atoms with Crippen LogP contribution >= 0.6 is 39.1 Å². The first-order valence-corrected chi connectivity index (χ1v) is 12.0. The first kappa shape index (κ1) is 24.7. The summed E-state index contributed by atoms with van der Waals surface area (Å²) in [6.07, 6.45) is -1.47. The lowest BCUT2D eigenvalue weighted by Crippen LogP contribution is -2.48. The van der Waals surface area contributed by atoms with E-state index in [0.29, 0.717) is 15.6 Å². The fourth-order valence-corrected chi connectivity index (χ4v) is 4.96. The lowest BCUT2D eigenvalue weighted by atomic mass is 9.90. The Morgan fingerprint density at radius 1 is 0.971 bits per heavy atom. The highest BCUT2D eigenvalue weighted by molar-refractivity contribution is 9.10. The van der Waals surface area contributed by atoms with Crippen molar-refractivity contribution in [3.05, 3.63) is 97.9 Å². The molecule has 1 saturated heterocycles. The van der Waals surface area contributed by atoms with Crippen molar-refractivity contribution in [2.45, 2.75) is 31.7 Å². The second-order valence-corrected chi connectivity index (χ2v) is 10.1.